The molecule has 0 saturated carbocycles. The predicted octanol–water partition coefficient (Wildman–Crippen LogP) is 4.92. The van der Waals surface area contributed by atoms with Crippen LogP contribution in [0.5, 0.6) is 0 Å². The number of nitrogens with one attached hydrogen (secondary N) is 1. The average molecular weight is 413 g/mol. The van der Waals surface area contributed by atoms with Crippen LogP contribution in [0.25, 0.3) is 0 Å². The minimum atomic E-state index is -3.14. The summed E-state index contributed by atoms with van der Waals surface area (Å²) >= 11 is 11.6. The molecule has 2 atom stereocenters. The molecule has 1 aliphatic heterocycles. The SMILES string of the molecule is CC(C)=CCC/C(C)=C/COC1CCOP(=O)(NCCCl)N1CCCl. The Morgan fingerprint density at radius 2 is 2.08 bits per heavy atom. The highest BCUT2D eigenvalue weighted by Gasteiger charge is 2.40. The first-order chi connectivity index (χ1) is 11.9. The molecule has 8 heteroatoms. The van der Waals surface area contributed by atoms with Crippen LogP contribution in [0.3, 0.4) is 0 Å². The summed E-state index contributed by atoms with van der Waals surface area (Å²) in [4.78, 5) is 0. The van der Waals surface area contributed by atoms with Crippen molar-refractivity contribution in [3.8, 4) is 0 Å². The molecule has 0 amide bonds. The van der Waals surface area contributed by atoms with Gasteiger partial charge in [0.2, 0.25) is 0 Å². The molecule has 5 nitrogen and oxygen atoms in total. The van der Waals surface area contributed by atoms with Crippen LogP contribution in [0.1, 0.15) is 40.0 Å². The van der Waals surface area contributed by atoms with Crippen LogP contribution >= 0.6 is 30.9 Å². The van der Waals surface area contributed by atoms with E-state index < -0.39 is 7.67 Å². The first-order valence-corrected chi connectivity index (χ1v) is 11.4. The molecule has 2 unspecified atom stereocenters. The third kappa shape index (κ3) is 8.57. The van der Waals surface area contributed by atoms with Gasteiger partial charge in [-0.1, -0.05) is 23.3 Å². The van der Waals surface area contributed by atoms with Gasteiger partial charge in [0, 0.05) is 31.3 Å². The Morgan fingerprint density at radius 1 is 1.32 bits per heavy atom. The zero-order chi connectivity index (χ0) is 18.7. The van der Waals surface area contributed by atoms with E-state index >= 15 is 0 Å². The molecule has 0 bridgehead atoms. The van der Waals surface area contributed by atoms with E-state index in [1.54, 1.807) is 4.67 Å². The minimum absolute atomic E-state index is 0.275. The van der Waals surface area contributed by atoms with Gasteiger partial charge in [-0.25, -0.2) is 5.09 Å². The number of alkyl halides is 2. The molecule has 25 heavy (non-hydrogen) atoms. The van der Waals surface area contributed by atoms with Crippen LogP contribution < -0.4 is 5.09 Å². The molecule has 0 aromatic rings. The second-order valence-electron chi connectivity index (χ2n) is 6.25. The molecule has 1 saturated heterocycles. The summed E-state index contributed by atoms with van der Waals surface area (Å²) in [6, 6.07) is 0. The number of allylic oxidation sites excluding steroid dienone is 3. The fourth-order valence-corrected chi connectivity index (χ4v) is 5.09. The number of halogens is 2. The fourth-order valence-electron chi connectivity index (χ4n) is 2.51. The molecule has 0 aromatic heterocycles. The van der Waals surface area contributed by atoms with Crippen LogP contribution in [0.15, 0.2) is 23.3 Å². The highest BCUT2D eigenvalue weighted by molar-refractivity contribution is 7.54. The molecule has 0 aliphatic carbocycles. The van der Waals surface area contributed by atoms with Crippen molar-refractivity contribution in [3.63, 3.8) is 0 Å². The Balaban J connectivity index is 2.59. The lowest BCUT2D eigenvalue weighted by molar-refractivity contribution is -0.0424. The lowest BCUT2D eigenvalue weighted by atomic mass is 10.1. The second-order valence-corrected chi connectivity index (χ2v) is 9.14. The number of hydrogen-bond acceptors (Lipinski definition) is 3. The molecule has 1 rings (SSSR count). The number of nitrogens with zero attached hydrogens (tertiary/aromatic N) is 1. The van der Waals surface area contributed by atoms with Gasteiger partial charge in [-0.2, -0.15) is 4.67 Å². The van der Waals surface area contributed by atoms with Crippen molar-refractivity contribution < 1.29 is 13.8 Å². The Morgan fingerprint density at radius 3 is 2.72 bits per heavy atom. The zero-order valence-electron chi connectivity index (χ0n) is 15.5. The number of rotatable bonds is 11. The first kappa shape index (κ1) is 23.2. The maximum Gasteiger partial charge on any atom is 0.345 e. The van der Waals surface area contributed by atoms with Crippen molar-refractivity contribution in [2.75, 3.05) is 38.1 Å². The molecule has 1 heterocycles. The van der Waals surface area contributed by atoms with Gasteiger partial charge in [-0.3, -0.25) is 4.57 Å². The van der Waals surface area contributed by atoms with Crippen molar-refractivity contribution in [1.82, 2.24) is 9.76 Å². The van der Waals surface area contributed by atoms with Crippen LogP contribution in [-0.2, 0) is 13.8 Å². The van der Waals surface area contributed by atoms with E-state index in [0.29, 0.717) is 44.5 Å². The molecule has 146 valence electrons. The summed E-state index contributed by atoms with van der Waals surface area (Å²) in [5.74, 6) is 0.717. The summed E-state index contributed by atoms with van der Waals surface area (Å²) in [6.45, 7) is 8.04. The first-order valence-electron chi connectivity index (χ1n) is 8.72. The molecular formula is C17H31Cl2N2O3P. The summed E-state index contributed by atoms with van der Waals surface area (Å²) in [5, 5.41) is 2.92. The van der Waals surface area contributed by atoms with Gasteiger partial charge >= 0.3 is 7.67 Å². The van der Waals surface area contributed by atoms with Gasteiger partial charge in [0.25, 0.3) is 0 Å². The largest absolute Gasteiger partial charge is 0.358 e. The monoisotopic (exact) mass is 412 g/mol. The Bertz CT molecular complexity index is 496. The van der Waals surface area contributed by atoms with Crippen LogP contribution in [0.2, 0.25) is 0 Å². The van der Waals surface area contributed by atoms with E-state index in [9.17, 15) is 4.57 Å². The molecule has 1 N–H and O–H groups in total. The minimum Gasteiger partial charge on any atom is -0.358 e. The molecule has 1 fully saturated rings. The van der Waals surface area contributed by atoms with Crippen LogP contribution in [-0.4, -0.2) is 49.0 Å². The van der Waals surface area contributed by atoms with Crippen molar-refractivity contribution >= 4 is 30.9 Å². The van der Waals surface area contributed by atoms with Gasteiger partial charge in [-0.15, -0.1) is 23.2 Å². The highest BCUT2D eigenvalue weighted by atomic mass is 35.5. The van der Waals surface area contributed by atoms with Gasteiger partial charge in [0.1, 0.15) is 6.23 Å². The standard InChI is InChI=1S/C17H31Cl2N2O3P/c1-15(2)5-4-6-16(3)7-13-23-17-8-14-24-25(22,20-11-9-18)21(17)12-10-19/h5,7,17H,4,6,8-14H2,1-3H3,(H,20,22)/b16-7+. The van der Waals surface area contributed by atoms with Crippen LogP contribution in [0.4, 0.5) is 0 Å². The maximum absolute atomic E-state index is 13.0. The third-order valence-electron chi connectivity index (χ3n) is 3.83. The van der Waals surface area contributed by atoms with E-state index in [1.165, 1.54) is 11.1 Å². The van der Waals surface area contributed by atoms with E-state index in [-0.39, 0.29) is 6.23 Å². The Labute approximate surface area is 162 Å². The predicted molar refractivity (Wildman–Crippen MR) is 106 cm³/mol. The van der Waals surface area contributed by atoms with E-state index in [0.717, 1.165) is 12.8 Å². The molecule has 1 aliphatic rings. The zero-order valence-corrected chi connectivity index (χ0v) is 17.9. The van der Waals surface area contributed by atoms with E-state index in [4.69, 9.17) is 32.5 Å². The Hall–Kier alpha value is 0.130. The van der Waals surface area contributed by atoms with E-state index in [2.05, 4.69) is 38.0 Å². The summed E-state index contributed by atoms with van der Waals surface area (Å²) in [6.07, 6.45) is 6.76. The normalized spacial score (nSPS) is 25.2. The molecule has 0 aromatic carbocycles. The summed E-state index contributed by atoms with van der Waals surface area (Å²) in [7, 11) is -3.14. The van der Waals surface area contributed by atoms with Crippen molar-refractivity contribution in [3.05, 3.63) is 23.3 Å². The molecule has 0 radical (unpaired) electrons. The highest BCUT2D eigenvalue weighted by Crippen LogP contribution is 2.51. The quantitative estimate of drug-likeness (QED) is 0.296. The smallest absolute Gasteiger partial charge is 0.345 e. The van der Waals surface area contributed by atoms with Crippen LogP contribution in [0, 0.1) is 0 Å². The topological polar surface area (TPSA) is 50.8 Å². The van der Waals surface area contributed by atoms with Crippen molar-refractivity contribution in [2.45, 2.75) is 46.3 Å². The maximum atomic E-state index is 13.0. The lowest BCUT2D eigenvalue weighted by Crippen LogP contribution is -2.44. The molecular weight excluding hydrogens is 382 g/mol. The Kier molecular flexibility index (Phi) is 11.6. The van der Waals surface area contributed by atoms with Gasteiger partial charge < -0.3 is 9.26 Å². The van der Waals surface area contributed by atoms with Crippen molar-refractivity contribution in [1.29, 1.82) is 0 Å². The second kappa shape index (κ2) is 12.5. The number of hydrogen-bond donors (Lipinski definition) is 1. The van der Waals surface area contributed by atoms with E-state index in [1.807, 2.05) is 0 Å². The fraction of sp³-hybridized carbons (Fsp3) is 0.765. The van der Waals surface area contributed by atoms with Crippen molar-refractivity contribution in [2.24, 2.45) is 0 Å². The van der Waals surface area contributed by atoms with Gasteiger partial charge in [0.15, 0.2) is 0 Å². The molecule has 0 spiro atoms. The lowest BCUT2D eigenvalue weighted by Gasteiger charge is -2.40. The summed E-state index contributed by atoms with van der Waals surface area (Å²) in [5.41, 5.74) is 2.63. The van der Waals surface area contributed by atoms with Gasteiger partial charge in [0.05, 0.1) is 13.2 Å². The number of ether oxygens (including phenoxy) is 1. The van der Waals surface area contributed by atoms with Gasteiger partial charge in [-0.05, 0) is 33.6 Å². The summed E-state index contributed by atoms with van der Waals surface area (Å²) < 4.78 is 26.2. The third-order valence-corrected chi connectivity index (χ3v) is 6.48. The average Bonchev–Trinajstić information content (AvgIpc) is 2.56.